The summed E-state index contributed by atoms with van der Waals surface area (Å²) in [5, 5.41) is 20.5. The lowest BCUT2D eigenvalue weighted by atomic mass is 9.85. The maximum atomic E-state index is 10.9. The summed E-state index contributed by atoms with van der Waals surface area (Å²) >= 11 is 6.03. The maximum Gasteiger partial charge on any atom is 0.147 e. The molecule has 0 fully saturated rings. The lowest BCUT2D eigenvalue weighted by Crippen LogP contribution is -2.13. The molecule has 3 rings (SSSR count). The second kappa shape index (κ2) is 5.95. The van der Waals surface area contributed by atoms with Gasteiger partial charge in [-0.25, -0.2) is 0 Å². The number of phenols is 1. The quantitative estimate of drug-likeness (QED) is 0.704. The van der Waals surface area contributed by atoms with Crippen molar-refractivity contribution in [3.63, 3.8) is 0 Å². The average Bonchev–Trinajstić information content (AvgIpc) is 2.88. The van der Waals surface area contributed by atoms with Gasteiger partial charge in [-0.1, -0.05) is 56.7 Å². The van der Waals surface area contributed by atoms with Gasteiger partial charge in [0.05, 0.1) is 0 Å². The van der Waals surface area contributed by atoms with E-state index < -0.39 is 0 Å². The Morgan fingerprint density at radius 3 is 2.46 bits per heavy atom. The van der Waals surface area contributed by atoms with Gasteiger partial charge in [0.1, 0.15) is 22.5 Å². The van der Waals surface area contributed by atoms with Crippen molar-refractivity contribution in [2.75, 3.05) is 0 Å². The molecule has 0 unspecified atom stereocenters. The van der Waals surface area contributed by atoms with Crippen molar-refractivity contribution >= 4 is 28.7 Å². The van der Waals surface area contributed by atoms with Crippen LogP contribution in [0.25, 0.3) is 22.8 Å². The standard InChI is InChI=1S/C19H20ClN3O/c1-5-6-12-7-9-14(19(2,3)4)18(24)17(12)23-21-15-10-8-13(20)11-16(15)22-23/h5-11,24H,1-4H3. The molecule has 1 heterocycles. The van der Waals surface area contributed by atoms with E-state index in [0.717, 1.165) is 16.6 Å². The Hall–Kier alpha value is -2.33. The molecule has 0 aliphatic carbocycles. The highest BCUT2D eigenvalue weighted by molar-refractivity contribution is 6.31. The van der Waals surface area contributed by atoms with Crippen LogP contribution in [0.15, 0.2) is 36.4 Å². The van der Waals surface area contributed by atoms with E-state index in [4.69, 9.17) is 11.6 Å². The van der Waals surface area contributed by atoms with Crippen LogP contribution in [0.4, 0.5) is 0 Å². The van der Waals surface area contributed by atoms with Gasteiger partial charge >= 0.3 is 0 Å². The van der Waals surface area contributed by atoms with Crippen molar-refractivity contribution in [2.24, 2.45) is 0 Å². The third-order valence-corrected chi connectivity index (χ3v) is 4.11. The molecule has 2 aromatic carbocycles. The Labute approximate surface area is 146 Å². The highest BCUT2D eigenvalue weighted by Crippen LogP contribution is 2.37. The Bertz CT molecular complexity index is 936. The van der Waals surface area contributed by atoms with Crippen LogP contribution in [0.3, 0.4) is 0 Å². The van der Waals surface area contributed by atoms with Crippen molar-refractivity contribution in [3.05, 3.63) is 52.6 Å². The molecule has 3 aromatic rings. The van der Waals surface area contributed by atoms with Gasteiger partial charge in [-0.3, -0.25) is 0 Å². The van der Waals surface area contributed by atoms with Gasteiger partial charge in [0, 0.05) is 16.1 Å². The summed E-state index contributed by atoms with van der Waals surface area (Å²) in [5.74, 6) is 0.199. The normalized spacial score (nSPS) is 12.4. The van der Waals surface area contributed by atoms with Crippen LogP contribution in [-0.2, 0) is 5.41 Å². The summed E-state index contributed by atoms with van der Waals surface area (Å²) in [6.07, 6.45) is 3.86. The minimum absolute atomic E-state index is 0.191. The van der Waals surface area contributed by atoms with E-state index >= 15 is 0 Å². The zero-order valence-electron chi connectivity index (χ0n) is 14.2. The number of benzene rings is 2. The van der Waals surface area contributed by atoms with Crippen LogP contribution in [0.1, 0.15) is 38.8 Å². The number of aromatic hydroxyl groups is 1. The molecule has 0 saturated heterocycles. The minimum atomic E-state index is -0.191. The number of nitrogens with zero attached hydrogens (tertiary/aromatic N) is 3. The largest absolute Gasteiger partial charge is 0.505 e. The lowest BCUT2D eigenvalue weighted by Gasteiger charge is -2.22. The van der Waals surface area contributed by atoms with Crippen molar-refractivity contribution in [3.8, 4) is 11.4 Å². The number of hydrogen-bond donors (Lipinski definition) is 1. The molecule has 0 bridgehead atoms. The number of fused-ring (bicyclic) bond motifs is 1. The van der Waals surface area contributed by atoms with Gasteiger partial charge in [-0.05, 0) is 30.5 Å². The molecule has 124 valence electrons. The zero-order chi connectivity index (χ0) is 17.5. The number of hydrogen-bond acceptors (Lipinski definition) is 3. The fourth-order valence-electron chi connectivity index (χ4n) is 2.71. The highest BCUT2D eigenvalue weighted by Gasteiger charge is 2.23. The Balaban J connectivity index is 2.30. The summed E-state index contributed by atoms with van der Waals surface area (Å²) in [7, 11) is 0. The fraction of sp³-hybridized carbons (Fsp3) is 0.263. The summed E-state index contributed by atoms with van der Waals surface area (Å²) in [5.41, 5.74) is 3.51. The summed E-state index contributed by atoms with van der Waals surface area (Å²) < 4.78 is 0. The SMILES string of the molecule is CC=Cc1ccc(C(C)(C)C)c(O)c1-n1nc2ccc(Cl)cc2n1. The van der Waals surface area contributed by atoms with Crippen LogP contribution < -0.4 is 0 Å². The zero-order valence-corrected chi connectivity index (χ0v) is 15.0. The molecule has 0 saturated carbocycles. The monoisotopic (exact) mass is 341 g/mol. The molecular formula is C19H20ClN3O. The third-order valence-electron chi connectivity index (χ3n) is 3.88. The molecule has 0 aliphatic heterocycles. The van der Waals surface area contributed by atoms with E-state index in [-0.39, 0.29) is 11.2 Å². The highest BCUT2D eigenvalue weighted by atomic mass is 35.5. The number of aromatic nitrogens is 3. The molecule has 24 heavy (non-hydrogen) atoms. The molecule has 1 N–H and O–H groups in total. The second-order valence-electron chi connectivity index (χ2n) is 6.77. The molecular weight excluding hydrogens is 322 g/mol. The predicted octanol–water partition coefficient (Wildman–Crippen LogP) is 5.11. The predicted molar refractivity (Wildman–Crippen MR) is 98.9 cm³/mol. The molecule has 0 radical (unpaired) electrons. The van der Waals surface area contributed by atoms with Crippen molar-refractivity contribution in [1.29, 1.82) is 0 Å². The first-order valence-corrected chi connectivity index (χ1v) is 8.21. The van der Waals surface area contributed by atoms with E-state index in [1.807, 2.05) is 37.3 Å². The second-order valence-corrected chi connectivity index (χ2v) is 7.21. The number of halogens is 1. The van der Waals surface area contributed by atoms with E-state index in [0.29, 0.717) is 16.2 Å². The fourth-order valence-corrected chi connectivity index (χ4v) is 2.88. The first-order chi connectivity index (χ1) is 11.3. The van der Waals surface area contributed by atoms with Crippen molar-refractivity contribution in [1.82, 2.24) is 15.0 Å². The van der Waals surface area contributed by atoms with Crippen LogP contribution in [0.5, 0.6) is 5.75 Å². The average molecular weight is 342 g/mol. The smallest absolute Gasteiger partial charge is 0.147 e. The third kappa shape index (κ3) is 2.89. The topological polar surface area (TPSA) is 50.9 Å². The summed E-state index contributed by atoms with van der Waals surface area (Å²) in [4.78, 5) is 1.49. The van der Waals surface area contributed by atoms with Gasteiger partial charge in [0.2, 0.25) is 0 Å². The summed E-state index contributed by atoms with van der Waals surface area (Å²) in [6.45, 7) is 8.13. The molecule has 0 aliphatic rings. The van der Waals surface area contributed by atoms with E-state index in [9.17, 15) is 5.11 Å². The number of rotatable bonds is 2. The van der Waals surface area contributed by atoms with E-state index in [2.05, 4.69) is 31.0 Å². The van der Waals surface area contributed by atoms with Gasteiger partial charge < -0.3 is 5.11 Å². The van der Waals surface area contributed by atoms with Gasteiger partial charge in [0.15, 0.2) is 0 Å². The Morgan fingerprint density at radius 2 is 1.79 bits per heavy atom. The number of phenolic OH excluding ortho intramolecular Hbond substituents is 1. The Kier molecular flexibility index (Phi) is 4.10. The molecule has 0 spiro atoms. The molecule has 5 heteroatoms. The van der Waals surface area contributed by atoms with Crippen LogP contribution >= 0.6 is 11.6 Å². The first-order valence-electron chi connectivity index (χ1n) is 7.83. The van der Waals surface area contributed by atoms with Crippen molar-refractivity contribution in [2.45, 2.75) is 33.1 Å². The van der Waals surface area contributed by atoms with Gasteiger partial charge in [-0.15, -0.1) is 15.0 Å². The lowest BCUT2D eigenvalue weighted by molar-refractivity contribution is 0.440. The maximum absolute atomic E-state index is 10.9. The minimum Gasteiger partial charge on any atom is -0.505 e. The van der Waals surface area contributed by atoms with Crippen LogP contribution in [0.2, 0.25) is 5.02 Å². The van der Waals surface area contributed by atoms with Crippen molar-refractivity contribution < 1.29 is 5.11 Å². The van der Waals surface area contributed by atoms with Gasteiger partial charge in [0.25, 0.3) is 0 Å². The Morgan fingerprint density at radius 1 is 1.08 bits per heavy atom. The molecule has 0 amide bonds. The molecule has 0 atom stereocenters. The van der Waals surface area contributed by atoms with Crippen LogP contribution in [0, 0.1) is 0 Å². The van der Waals surface area contributed by atoms with Crippen LogP contribution in [-0.4, -0.2) is 20.1 Å². The molecule has 1 aromatic heterocycles. The first kappa shape index (κ1) is 16.5. The molecule has 4 nitrogen and oxygen atoms in total. The van der Waals surface area contributed by atoms with E-state index in [1.165, 1.54) is 4.80 Å². The number of allylic oxidation sites excluding steroid dienone is 1. The van der Waals surface area contributed by atoms with E-state index in [1.54, 1.807) is 12.1 Å². The van der Waals surface area contributed by atoms with Gasteiger partial charge in [-0.2, -0.15) is 0 Å². The summed E-state index contributed by atoms with van der Waals surface area (Å²) in [6, 6.07) is 9.30.